The Hall–Kier alpha value is -1.88. The van der Waals surface area contributed by atoms with Crippen LogP contribution >= 0.6 is 34.5 Å². The second-order valence-electron chi connectivity index (χ2n) is 5.34. The molecule has 1 N–H and O–H groups in total. The fourth-order valence-electron chi connectivity index (χ4n) is 2.63. The summed E-state index contributed by atoms with van der Waals surface area (Å²) in [5.74, 6) is -0.446. The fraction of sp³-hybridized carbons (Fsp3) is 0.333. The first-order valence-electron chi connectivity index (χ1n) is 7.27. The molecule has 3 rings (SSSR count). The van der Waals surface area contributed by atoms with Crippen molar-refractivity contribution in [3.63, 3.8) is 0 Å². The summed E-state index contributed by atoms with van der Waals surface area (Å²) >= 11 is 12.9. The van der Waals surface area contributed by atoms with Crippen molar-refractivity contribution in [2.45, 2.75) is 32.2 Å². The molecule has 0 radical (unpaired) electrons. The van der Waals surface area contributed by atoms with Crippen LogP contribution in [0.4, 0.5) is 5.00 Å². The molecule has 2 heterocycles. The third-order valence-corrected chi connectivity index (χ3v) is 5.73. The molecule has 0 atom stereocenters. The lowest BCUT2D eigenvalue weighted by Crippen LogP contribution is -2.29. The lowest BCUT2D eigenvalue weighted by Gasteiger charge is -2.09. The Kier molecular flexibility index (Phi) is 4.90. The molecule has 2 aromatic heterocycles. The lowest BCUT2D eigenvalue weighted by molar-refractivity contribution is -0.117. The molecule has 124 valence electrons. The summed E-state index contributed by atoms with van der Waals surface area (Å²) in [5, 5.41) is 16.3. The predicted octanol–water partition coefficient (Wildman–Crippen LogP) is 3.00. The Labute approximate surface area is 151 Å². The highest BCUT2D eigenvalue weighted by Gasteiger charge is 2.22. The Morgan fingerprint density at radius 3 is 2.92 bits per heavy atom. The molecule has 24 heavy (non-hydrogen) atoms. The van der Waals surface area contributed by atoms with Gasteiger partial charge in [-0.15, -0.1) is 11.3 Å². The fourth-order valence-corrected chi connectivity index (χ4v) is 4.16. The van der Waals surface area contributed by atoms with Crippen LogP contribution in [0, 0.1) is 11.3 Å². The highest BCUT2D eigenvalue weighted by atomic mass is 35.5. The molecule has 0 aliphatic heterocycles. The highest BCUT2D eigenvalue weighted by molar-refractivity contribution is 7.16. The van der Waals surface area contributed by atoms with Crippen LogP contribution in [-0.4, -0.2) is 15.7 Å². The van der Waals surface area contributed by atoms with E-state index in [0.29, 0.717) is 10.6 Å². The van der Waals surface area contributed by atoms with Gasteiger partial charge in [0.2, 0.25) is 5.91 Å². The summed E-state index contributed by atoms with van der Waals surface area (Å²) < 4.78 is 0.934. The van der Waals surface area contributed by atoms with Gasteiger partial charge in [0.15, 0.2) is 0 Å². The number of nitrogens with zero attached hydrogens (tertiary/aromatic N) is 3. The van der Waals surface area contributed by atoms with Crippen LogP contribution < -0.4 is 10.9 Å². The number of nitrogens with one attached hydrogen (secondary N) is 1. The number of carbonyl (C=O) groups is 1. The minimum atomic E-state index is -0.634. The maximum atomic E-state index is 12.2. The van der Waals surface area contributed by atoms with E-state index in [-0.39, 0.29) is 16.6 Å². The van der Waals surface area contributed by atoms with E-state index in [2.05, 4.69) is 16.5 Å². The molecular formula is C15H12Cl2N4O2S. The van der Waals surface area contributed by atoms with E-state index in [0.717, 1.165) is 40.8 Å². The summed E-state index contributed by atoms with van der Waals surface area (Å²) in [6, 6.07) is 2.17. The third kappa shape index (κ3) is 3.18. The van der Waals surface area contributed by atoms with Gasteiger partial charge < -0.3 is 5.32 Å². The van der Waals surface area contributed by atoms with Crippen molar-refractivity contribution in [1.82, 2.24) is 9.78 Å². The molecule has 0 spiro atoms. The molecule has 0 aromatic carbocycles. The second-order valence-corrected chi connectivity index (χ2v) is 7.23. The van der Waals surface area contributed by atoms with Gasteiger partial charge in [-0.25, -0.2) is 4.68 Å². The van der Waals surface area contributed by atoms with E-state index in [1.165, 1.54) is 17.5 Å². The zero-order valence-corrected chi connectivity index (χ0v) is 14.8. The zero-order valence-electron chi connectivity index (χ0n) is 12.4. The SMILES string of the molecule is N#Cc1c(NC(=O)Cn2ncc(Cl)c(Cl)c2=O)sc2c1CCCC2. The van der Waals surface area contributed by atoms with Crippen LogP contribution in [0.25, 0.3) is 0 Å². The van der Waals surface area contributed by atoms with Crippen LogP contribution in [0.2, 0.25) is 10.0 Å². The Morgan fingerprint density at radius 1 is 1.42 bits per heavy atom. The first-order chi connectivity index (χ1) is 11.5. The summed E-state index contributed by atoms with van der Waals surface area (Å²) in [6.45, 7) is -0.302. The van der Waals surface area contributed by atoms with E-state index in [4.69, 9.17) is 23.2 Å². The van der Waals surface area contributed by atoms with E-state index in [9.17, 15) is 14.9 Å². The summed E-state index contributed by atoms with van der Waals surface area (Å²) in [7, 11) is 0. The molecule has 0 saturated heterocycles. The number of rotatable bonds is 3. The monoisotopic (exact) mass is 382 g/mol. The number of anilines is 1. The van der Waals surface area contributed by atoms with Crippen molar-refractivity contribution >= 4 is 45.4 Å². The van der Waals surface area contributed by atoms with E-state index >= 15 is 0 Å². The quantitative estimate of drug-likeness (QED) is 0.883. The van der Waals surface area contributed by atoms with Gasteiger partial charge in [-0.2, -0.15) is 10.4 Å². The van der Waals surface area contributed by atoms with E-state index < -0.39 is 11.5 Å². The third-order valence-electron chi connectivity index (χ3n) is 3.77. The number of aryl methyl sites for hydroxylation is 1. The smallest absolute Gasteiger partial charge is 0.287 e. The molecule has 6 nitrogen and oxygen atoms in total. The van der Waals surface area contributed by atoms with Crippen LogP contribution in [0.1, 0.15) is 28.8 Å². The van der Waals surface area contributed by atoms with Gasteiger partial charge in [0, 0.05) is 4.88 Å². The highest BCUT2D eigenvalue weighted by Crippen LogP contribution is 2.37. The molecule has 1 aliphatic rings. The van der Waals surface area contributed by atoms with Crippen LogP contribution in [0.3, 0.4) is 0 Å². The number of fused-ring (bicyclic) bond motifs is 1. The number of amides is 1. The normalized spacial score (nSPS) is 13.2. The standard InChI is InChI=1S/C15H12Cl2N4O2S/c16-10-6-19-21(15(23)13(10)17)7-12(22)20-14-9(5-18)8-3-1-2-4-11(8)24-14/h6H,1-4,7H2,(H,20,22). The van der Waals surface area contributed by atoms with Gasteiger partial charge in [-0.1, -0.05) is 23.2 Å². The molecule has 1 aliphatic carbocycles. The number of hydrogen-bond acceptors (Lipinski definition) is 5. The van der Waals surface area contributed by atoms with Crippen LogP contribution in [0.15, 0.2) is 11.0 Å². The molecular weight excluding hydrogens is 371 g/mol. The lowest BCUT2D eigenvalue weighted by atomic mass is 9.96. The summed E-state index contributed by atoms with van der Waals surface area (Å²) in [6.07, 6.45) is 5.14. The van der Waals surface area contributed by atoms with Gasteiger partial charge in [-0.05, 0) is 31.2 Å². The van der Waals surface area contributed by atoms with Crippen molar-refractivity contribution < 1.29 is 4.79 Å². The van der Waals surface area contributed by atoms with Gasteiger partial charge >= 0.3 is 0 Å². The Morgan fingerprint density at radius 2 is 2.17 bits per heavy atom. The molecule has 0 saturated carbocycles. The van der Waals surface area contributed by atoms with Crippen molar-refractivity contribution in [3.8, 4) is 6.07 Å². The largest absolute Gasteiger partial charge is 0.315 e. The van der Waals surface area contributed by atoms with Gasteiger partial charge in [0.05, 0.1) is 16.8 Å². The van der Waals surface area contributed by atoms with Crippen molar-refractivity contribution in [2.75, 3.05) is 5.32 Å². The molecule has 2 aromatic rings. The first kappa shape index (κ1) is 17.0. The minimum Gasteiger partial charge on any atom is -0.315 e. The van der Waals surface area contributed by atoms with Gasteiger partial charge in [0.1, 0.15) is 22.6 Å². The molecule has 1 amide bonds. The maximum Gasteiger partial charge on any atom is 0.287 e. The van der Waals surface area contributed by atoms with E-state index in [1.807, 2.05) is 0 Å². The van der Waals surface area contributed by atoms with Crippen molar-refractivity contribution in [1.29, 1.82) is 5.26 Å². The number of thiophene rings is 1. The molecule has 0 unspecified atom stereocenters. The first-order valence-corrected chi connectivity index (χ1v) is 8.84. The average Bonchev–Trinajstić information content (AvgIpc) is 2.92. The Bertz CT molecular complexity index is 913. The Balaban J connectivity index is 1.81. The molecule has 9 heteroatoms. The second kappa shape index (κ2) is 6.93. The van der Waals surface area contributed by atoms with Crippen LogP contribution in [-0.2, 0) is 24.2 Å². The van der Waals surface area contributed by atoms with Gasteiger partial charge in [-0.3, -0.25) is 9.59 Å². The average molecular weight is 383 g/mol. The predicted molar refractivity (Wildman–Crippen MR) is 92.8 cm³/mol. The maximum absolute atomic E-state index is 12.2. The number of carbonyl (C=O) groups excluding carboxylic acids is 1. The molecule has 0 bridgehead atoms. The number of halogens is 2. The topological polar surface area (TPSA) is 87.8 Å². The summed E-state index contributed by atoms with van der Waals surface area (Å²) in [5.41, 5.74) is 0.927. The van der Waals surface area contributed by atoms with Crippen molar-refractivity contribution in [2.24, 2.45) is 0 Å². The number of hydrogen-bond donors (Lipinski definition) is 1. The van der Waals surface area contributed by atoms with E-state index in [1.54, 1.807) is 0 Å². The summed E-state index contributed by atoms with van der Waals surface area (Å²) in [4.78, 5) is 25.3. The van der Waals surface area contributed by atoms with Crippen molar-refractivity contribution in [3.05, 3.63) is 42.6 Å². The minimum absolute atomic E-state index is 0.0380. The van der Waals surface area contributed by atoms with Crippen LogP contribution in [0.5, 0.6) is 0 Å². The number of aromatic nitrogens is 2. The van der Waals surface area contributed by atoms with Gasteiger partial charge in [0.25, 0.3) is 5.56 Å². The number of nitriles is 1. The molecule has 0 fully saturated rings. The zero-order chi connectivity index (χ0) is 17.3.